The van der Waals surface area contributed by atoms with E-state index in [9.17, 15) is 4.79 Å². The van der Waals surface area contributed by atoms with E-state index >= 15 is 0 Å². The zero-order valence-electron chi connectivity index (χ0n) is 13.9. The van der Waals surface area contributed by atoms with E-state index in [0.29, 0.717) is 40.7 Å². The molecule has 1 aliphatic rings. The van der Waals surface area contributed by atoms with Crippen LogP contribution < -0.4 is 10.6 Å². The standard InChI is InChI=1S/C18H17N5O2S/c19-9-13-12(2-1-3-14(13)20)17-21-15-8-11(10-24)26-16(15)18(22-17)23-4-6-25-7-5-23/h1-3,8-10,19H,4-7,20H2. The van der Waals surface area contributed by atoms with Gasteiger partial charge in [-0.15, -0.1) is 11.3 Å². The van der Waals surface area contributed by atoms with Gasteiger partial charge in [-0.2, -0.15) is 0 Å². The monoisotopic (exact) mass is 367 g/mol. The number of nitrogens with zero attached hydrogens (tertiary/aromatic N) is 3. The van der Waals surface area contributed by atoms with Gasteiger partial charge in [0.25, 0.3) is 0 Å². The van der Waals surface area contributed by atoms with Crippen LogP contribution in [-0.2, 0) is 4.74 Å². The minimum absolute atomic E-state index is 0.500. The molecule has 3 N–H and O–H groups in total. The fourth-order valence-electron chi connectivity index (χ4n) is 3.04. The Morgan fingerprint density at radius 2 is 2.08 bits per heavy atom. The number of fused-ring (bicyclic) bond motifs is 1. The number of carbonyl (C=O) groups excluding carboxylic acids is 1. The Morgan fingerprint density at radius 3 is 2.81 bits per heavy atom. The minimum atomic E-state index is 0.500. The molecule has 0 saturated carbocycles. The Bertz CT molecular complexity index is 995. The van der Waals surface area contributed by atoms with Crippen molar-refractivity contribution in [3.8, 4) is 11.4 Å². The summed E-state index contributed by atoms with van der Waals surface area (Å²) in [6, 6.07) is 7.21. The molecule has 1 saturated heterocycles. The Labute approximate surface area is 153 Å². The fraction of sp³-hybridized carbons (Fsp3) is 0.222. The van der Waals surface area contributed by atoms with E-state index in [0.717, 1.165) is 35.4 Å². The number of thiophene rings is 1. The molecule has 1 fully saturated rings. The van der Waals surface area contributed by atoms with E-state index in [-0.39, 0.29) is 0 Å². The fourth-order valence-corrected chi connectivity index (χ4v) is 3.97. The van der Waals surface area contributed by atoms with Crippen LogP contribution in [0.2, 0.25) is 0 Å². The van der Waals surface area contributed by atoms with Gasteiger partial charge in [0, 0.05) is 36.1 Å². The lowest BCUT2D eigenvalue weighted by atomic mass is 10.1. The molecule has 0 atom stereocenters. The predicted molar refractivity (Wildman–Crippen MR) is 104 cm³/mol. The highest BCUT2D eigenvalue weighted by Gasteiger charge is 2.21. The summed E-state index contributed by atoms with van der Waals surface area (Å²) in [6.45, 7) is 2.73. The van der Waals surface area contributed by atoms with Crippen LogP contribution >= 0.6 is 11.3 Å². The molecule has 4 rings (SSSR count). The van der Waals surface area contributed by atoms with Crippen LogP contribution in [0.4, 0.5) is 11.5 Å². The highest BCUT2D eigenvalue weighted by molar-refractivity contribution is 7.21. The van der Waals surface area contributed by atoms with Gasteiger partial charge in [-0.25, -0.2) is 9.97 Å². The number of benzene rings is 1. The lowest BCUT2D eigenvalue weighted by molar-refractivity contribution is 0.112. The number of aromatic nitrogens is 2. The maximum absolute atomic E-state index is 11.2. The largest absolute Gasteiger partial charge is 0.398 e. The third kappa shape index (κ3) is 2.83. The summed E-state index contributed by atoms with van der Waals surface area (Å²) in [5.41, 5.74) is 8.53. The number of rotatable bonds is 4. The van der Waals surface area contributed by atoms with Crippen molar-refractivity contribution in [2.24, 2.45) is 0 Å². The minimum Gasteiger partial charge on any atom is -0.398 e. The third-order valence-electron chi connectivity index (χ3n) is 4.32. The Kier molecular flexibility index (Phi) is 4.36. The van der Waals surface area contributed by atoms with Crippen molar-refractivity contribution < 1.29 is 9.53 Å². The number of ether oxygens (including phenoxy) is 1. The summed E-state index contributed by atoms with van der Waals surface area (Å²) in [4.78, 5) is 23.4. The average molecular weight is 367 g/mol. The zero-order valence-corrected chi connectivity index (χ0v) is 14.8. The van der Waals surface area contributed by atoms with E-state index in [1.807, 2.05) is 12.1 Å². The van der Waals surface area contributed by atoms with Gasteiger partial charge in [0.15, 0.2) is 17.9 Å². The Morgan fingerprint density at radius 1 is 1.27 bits per heavy atom. The maximum atomic E-state index is 11.2. The van der Waals surface area contributed by atoms with Gasteiger partial charge in [0.2, 0.25) is 0 Å². The van der Waals surface area contributed by atoms with Crippen LogP contribution in [0.3, 0.4) is 0 Å². The molecule has 0 amide bonds. The van der Waals surface area contributed by atoms with Gasteiger partial charge >= 0.3 is 0 Å². The van der Waals surface area contributed by atoms with E-state index in [1.54, 1.807) is 12.1 Å². The summed E-state index contributed by atoms with van der Waals surface area (Å²) < 4.78 is 6.33. The number of nitrogens with one attached hydrogen (secondary N) is 1. The number of anilines is 2. The summed E-state index contributed by atoms with van der Waals surface area (Å²) in [5, 5.41) is 7.69. The number of hydrogen-bond acceptors (Lipinski definition) is 8. The van der Waals surface area contributed by atoms with Crippen LogP contribution in [0.15, 0.2) is 24.3 Å². The Balaban J connectivity index is 1.95. The van der Waals surface area contributed by atoms with Gasteiger partial charge < -0.3 is 20.8 Å². The van der Waals surface area contributed by atoms with Crippen molar-refractivity contribution >= 4 is 45.6 Å². The first-order valence-electron chi connectivity index (χ1n) is 8.20. The zero-order chi connectivity index (χ0) is 18.1. The molecule has 7 nitrogen and oxygen atoms in total. The highest BCUT2D eigenvalue weighted by Crippen LogP contribution is 2.35. The summed E-state index contributed by atoms with van der Waals surface area (Å²) in [7, 11) is 0. The lowest BCUT2D eigenvalue weighted by Crippen LogP contribution is -2.36. The smallest absolute Gasteiger partial charge is 0.162 e. The molecule has 1 aromatic carbocycles. The molecule has 0 radical (unpaired) electrons. The molecule has 132 valence electrons. The molecule has 0 unspecified atom stereocenters. The van der Waals surface area contributed by atoms with Crippen LogP contribution in [0.25, 0.3) is 21.6 Å². The van der Waals surface area contributed by atoms with E-state index in [1.165, 1.54) is 17.6 Å². The number of nitrogens with two attached hydrogens (primary N) is 1. The van der Waals surface area contributed by atoms with Crippen LogP contribution in [0, 0.1) is 5.41 Å². The second-order valence-corrected chi connectivity index (χ2v) is 6.99. The molecule has 3 heterocycles. The normalized spacial score (nSPS) is 14.5. The molecule has 0 spiro atoms. The van der Waals surface area contributed by atoms with Crippen molar-refractivity contribution in [3.63, 3.8) is 0 Å². The first-order valence-corrected chi connectivity index (χ1v) is 9.01. The SMILES string of the molecule is N=Cc1c(N)cccc1-c1nc(N2CCOCC2)c2sc(C=O)cc2n1. The first-order chi connectivity index (χ1) is 12.7. The van der Waals surface area contributed by atoms with E-state index < -0.39 is 0 Å². The lowest BCUT2D eigenvalue weighted by Gasteiger charge is -2.28. The number of hydrogen-bond donors (Lipinski definition) is 2. The summed E-state index contributed by atoms with van der Waals surface area (Å²) in [6.07, 6.45) is 2.05. The quantitative estimate of drug-likeness (QED) is 0.417. The molecule has 1 aliphatic heterocycles. The molecule has 3 aromatic rings. The van der Waals surface area contributed by atoms with Crippen molar-refractivity contribution in [2.75, 3.05) is 36.9 Å². The number of nitrogen functional groups attached to an aromatic ring is 1. The van der Waals surface area contributed by atoms with Gasteiger partial charge in [-0.1, -0.05) is 12.1 Å². The second kappa shape index (κ2) is 6.81. The molecule has 0 aliphatic carbocycles. The molecule has 26 heavy (non-hydrogen) atoms. The predicted octanol–water partition coefficient (Wildman–Crippen LogP) is 2.59. The summed E-state index contributed by atoms with van der Waals surface area (Å²) >= 11 is 1.39. The first kappa shape index (κ1) is 16.6. The van der Waals surface area contributed by atoms with Gasteiger partial charge in [0.05, 0.1) is 28.3 Å². The third-order valence-corrected chi connectivity index (χ3v) is 5.37. The van der Waals surface area contributed by atoms with Crippen LogP contribution in [0.1, 0.15) is 15.2 Å². The molecular weight excluding hydrogens is 350 g/mol. The topological polar surface area (TPSA) is 105 Å². The highest BCUT2D eigenvalue weighted by atomic mass is 32.1. The summed E-state index contributed by atoms with van der Waals surface area (Å²) in [5.74, 6) is 1.30. The van der Waals surface area contributed by atoms with Gasteiger partial charge in [-0.3, -0.25) is 4.79 Å². The molecular formula is C18H17N5O2S. The van der Waals surface area contributed by atoms with Gasteiger partial charge in [-0.05, 0) is 12.1 Å². The van der Waals surface area contributed by atoms with E-state index in [2.05, 4.69) is 9.88 Å². The molecule has 8 heteroatoms. The Hall–Kier alpha value is -2.84. The second-order valence-electron chi connectivity index (χ2n) is 5.90. The van der Waals surface area contributed by atoms with Gasteiger partial charge in [0.1, 0.15) is 0 Å². The number of carbonyl (C=O) groups is 1. The van der Waals surface area contributed by atoms with E-state index in [4.69, 9.17) is 20.9 Å². The maximum Gasteiger partial charge on any atom is 0.162 e. The van der Waals surface area contributed by atoms with Crippen LogP contribution in [-0.4, -0.2) is 48.8 Å². The number of aldehydes is 1. The average Bonchev–Trinajstić information content (AvgIpc) is 3.11. The van der Waals surface area contributed by atoms with Crippen molar-refractivity contribution in [1.82, 2.24) is 9.97 Å². The number of morpholine rings is 1. The van der Waals surface area contributed by atoms with Crippen molar-refractivity contribution in [1.29, 1.82) is 5.41 Å². The van der Waals surface area contributed by atoms with Crippen LogP contribution in [0.5, 0.6) is 0 Å². The van der Waals surface area contributed by atoms with Crippen molar-refractivity contribution in [3.05, 3.63) is 34.7 Å². The molecule has 2 aromatic heterocycles. The molecule has 0 bridgehead atoms. The van der Waals surface area contributed by atoms with Crippen molar-refractivity contribution in [2.45, 2.75) is 0 Å².